The van der Waals surface area contributed by atoms with E-state index in [9.17, 15) is 18.3 Å². The van der Waals surface area contributed by atoms with Crippen LogP contribution in [-0.4, -0.2) is 31.5 Å². The Hall–Kier alpha value is -1.89. The first-order valence-electron chi connectivity index (χ1n) is 5.06. The molecule has 0 heterocycles. The molecule has 1 aliphatic rings. The van der Waals surface area contributed by atoms with Gasteiger partial charge < -0.3 is 10.2 Å². The van der Waals surface area contributed by atoms with Crippen LogP contribution < -0.4 is 5.11 Å². The van der Waals surface area contributed by atoms with Crippen LogP contribution in [0.1, 0.15) is 12.8 Å². The zero-order valence-corrected chi connectivity index (χ0v) is 10.5. The molecule has 0 aromatic heterocycles. The van der Waals surface area contributed by atoms with E-state index in [-0.39, 0.29) is 24.3 Å². The number of carboxylic acid groups (broad SMARTS) is 1. The molecule has 0 atom stereocenters. The van der Waals surface area contributed by atoms with Crippen LogP contribution in [0.3, 0.4) is 0 Å². The van der Waals surface area contributed by atoms with E-state index >= 15 is 0 Å². The fraction of sp³-hybridized carbons (Fsp3) is 0.273. The molecule has 0 aliphatic heterocycles. The molecule has 1 aliphatic carbocycles. The average molecular weight is 270 g/mol. The highest BCUT2D eigenvalue weighted by molar-refractivity contribution is 7.89. The van der Waals surface area contributed by atoms with Crippen LogP contribution in [0.4, 0.5) is 0 Å². The third-order valence-electron chi connectivity index (χ3n) is 2.03. The number of sulfonamides is 1. The highest BCUT2D eigenvalue weighted by atomic mass is 32.2. The summed E-state index contributed by atoms with van der Waals surface area (Å²) in [6.45, 7) is 0. The molecule has 1 N–H and O–H groups in total. The molecule has 1 rings (SSSR count). The smallest absolute Gasteiger partial charge is 0.303 e. The molecule has 0 spiro atoms. The van der Waals surface area contributed by atoms with Crippen LogP contribution in [0.25, 0.3) is 0 Å². The van der Waals surface area contributed by atoms with Crippen LogP contribution in [0.5, 0.6) is 0 Å². The number of rotatable bonds is 4. The van der Waals surface area contributed by atoms with Crippen LogP contribution >= 0.6 is 0 Å². The standard InChI is InChI=1S/C11H13NO5S/c1-18(16,17)12-9-4-2-8(3-5-9)10(13)6-7-11(14)15/h2-5,13H,6-7H2,1H3,(H,14,15)/p-1. The van der Waals surface area contributed by atoms with Crippen LogP contribution in [-0.2, 0) is 14.8 Å². The van der Waals surface area contributed by atoms with Gasteiger partial charge in [-0.05, 0) is 24.1 Å². The van der Waals surface area contributed by atoms with Gasteiger partial charge in [0, 0.05) is 6.42 Å². The van der Waals surface area contributed by atoms with Crippen molar-refractivity contribution in [3.63, 3.8) is 0 Å². The molecule has 7 heteroatoms. The molecule has 0 amide bonds. The maximum atomic E-state index is 11.5. The summed E-state index contributed by atoms with van der Waals surface area (Å²) in [6.07, 6.45) is 6.30. The largest absolute Gasteiger partial charge is 0.875 e. The van der Waals surface area contributed by atoms with E-state index in [1.165, 1.54) is 24.3 Å². The molecular weight excluding hydrogens is 258 g/mol. The molecule has 0 saturated heterocycles. The second-order valence-electron chi connectivity index (χ2n) is 3.69. The molecule has 0 unspecified atom stereocenters. The Bertz CT molecular complexity index is 548. The number of allylic oxidation sites excluding steroid dienone is 6. The van der Waals surface area contributed by atoms with E-state index in [4.69, 9.17) is 5.11 Å². The summed E-state index contributed by atoms with van der Waals surface area (Å²) in [6, 6.07) is 0. The molecule has 0 aromatic carbocycles. The minimum absolute atomic E-state index is 0.0854. The van der Waals surface area contributed by atoms with Crippen molar-refractivity contribution in [2.24, 2.45) is 4.40 Å². The van der Waals surface area contributed by atoms with E-state index in [1.807, 2.05) is 0 Å². The van der Waals surface area contributed by atoms with Gasteiger partial charge in [-0.25, -0.2) is 8.42 Å². The average Bonchev–Trinajstić information content (AvgIpc) is 2.24. The SMILES string of the molecule is CS(=O)(=O)N=C1C=CC(=C([O-])CCC(=O)O)C=C1. The lowest BCUT2D eigenvalue weighted by Crippen LogP contribution is -2.10. The van der Waals surface area contributed by atoms with Crippen molar-refractivity contribution in [1.29, 1.82) is 0 Å². The summed E-state index contributed by atoms with van der Waals surface area (Å²) in [5, 5.41) is 20.0. The third-order valence-corrected chi connectivity index (χ3v) is 2.57. The Balaban J connectivity index is 2.81. The Kier molecular flexibility index (Phi) is 4.43. The topological polar surface area (TPSA) is 107 Å². The predicted molar refractivity (Wildman–Crippen MR) is 64.5 cm³/mol. The van der Waals surface area contributed by atoms with Gasteiger partial charge in [-0.2, -0.15) is 4.40 Å². The number of aliphatic carboxylic acids is 1. The lowest BCUT2D eigenvalue weighted by molar-refractivity contribution is -0.307. The molecule has 18 heavy (non-hydrogen) atoms. The minimum atomic E-state index is -3.47. The zero-order valence-electron chi connectivity index (χ0n) is 9.66. The molecule has 0 radical (unpaired) electrons. The second kappa shape index (κ2) is 5.63. The van der Waals surface area contributed by atoms with Gasteiger partial charge in [0.15, 0.2) is 0 Å². The third kappa shape index (κ3) is 4.96. The fourth-order valence-electron chi connectivity index (χ4n) is 1.26. The number of carboxylic acids is 1. The normalized spacial score (nSPS) is 14.7. The monoisotopic (exact) mass is 270 g/mol. The number of hydrogen-bond acceptors (Lipinski definition) is 4. The maximum absolute atomic E-state index is 11.5. The molecule has 98 valence electrons. The summed E-state index contributed by atoms with van der Waals surface area (Å²) in [5.74, 6) is -1.34. The number of hydrogen-bond donors (Lipinski definition) is 1. The van der Waals surface area contributed by atoms with Crippen molar-refractivity contribution < 1.29 is 23.4 Å². The van der Waals surface area contributed by atoms with E-state index < -0.39 is 16.0 Å². The van der Waals surface area contributed by atoms with Gasteiger partial charge in [-0.15, -0.1) is 5.76 Å². The lowest BCUT2D eigenvalue weighted by Gasteiger charge is -2.15. The summed E-state index contributed by atoms with van der Waals surface area (Å²) < 4.78 is 25.2. The second-order valence-corrected chi connectivity index (χ2v) is 5.34. The van der Waals surface area contributed by atoms with Crippen molar-refractivity contribution in [3.05, 3.63) is 35.6 Å². The minimum Gasteiger partial charge on any atom is -0.875 e. The van der Waals surface area contributed by atoms with Gasteiger partial charge in [-0.3, -0.25) is 4.79 Å². The first kappa shape index (κ1) is 14.2. The molecule has 6 nitrogen and oxygen atoms in total. The number of carbonyl (C=O) groups is 1. The molecule has 0 saturated carbocycles. The Morgan fingerprint density at radius 3 is 2.28 bits per heavy atom. The quantitative estimate of drug-likeness (QED) is 0.723. The van der Waals surface area contributed by atoms with E-state index in [1.54, 1.807) is 0 Å². The first-order chi connectivity index (χ1) is 8.28. The molecular formula is C11H12NO5S-. The van der Waals surface area contributed by atoms with E-state index in [0.717, 1.165) is 6.26 Å². The van der Waals surface area contributed by atoms with E-state index in [0.29, 0.717) is 5.57 Å². The fourth-order valence-corrected chi connectivity index (χ4v) is 1.77. The van der Waals surface area contributed by atoms with Gasteiger partial charge in [0.25, 0.3) is 10.0 Å². The summed E-state index contributed by atoms with van der Waals surface area (Å²) >= 11 is 0. The summed E-state index contributed by atoms with van der Waals surface area (Å²) in [5.41, 5.74) is 0.566. The number of nitrogens with zero attached hydrogens (tertiary/aromatic N) is 1. The maximum Gasteiger partial charge on any atom is 0.303 e. The summed E-state index contributed by atoms with van der Waals surface area (Å²) in [4.78, 5) is 10.3. The van der Waals surface area contributed by atoms with Crippen molar-refractivity contribution in [3.8, 4) is 0 Å². The van der Waals surface area contributed by atoms with Gasteiger partial charge in [0.05, 0.1) is 12.0 Å². The lowest BCUT2D eigenvalue weighted by atomic mass is 10.1. The molecule has 0 bridgehead atoms. The van der Waals surface area contributed by atoms with Crippen LogP contribution in [0.2, 0.25) is 0 Å². The van der Waals surface area contributed by atoms with Crippen molar-refractivity contribution in [2.75, 3.05) is 6.26 Å². The highest BCUT2D eigenvalue weighted by Gasteiger charge is 2.04. The van der Waals surface area contributed by atoms with Crippen LogP contribution in [0, 0.1) is 0 Å². The first-order valence-corrected chi connectivity index (χ1v) is 6.91. The van der Waals surface area contributed by atoms with Crippen molar-refractivity contribution >= 4 is 21.7 Å². The zero-order chi connectivity index (χ0) is 13.8. The Morgan fingerprint density at radius 2 is 1.83 bits per heavy atom. The van der Waals surface area contributed by atoms with Gasteiger partial charge in [0.2, 0.25) is 0 Å². The molecule has 0 fully saturated rings. The predicted octanol–water partition coefficient (Wildman–Crippen LogP) is -0.00780. The highest BCUT2D eigenvalue weighted by Crippen LogP contribution is 2.13. The Morgan fingerprint density at radius 1 is 1.28 bits per heavy atom. The van der Waals surface area contributed by atoms with Gasteiger partial charge in [0.1, 0.15) is 0 Å². The van der Waals surface area contributed by atoms with Gasteiger partial charge in [-0.1, -0.05) is 12.2 Å². The summed E-state index contributed by atoms with van der Waals surface area (Å²) in [7, 11) is -3.47. The van der Waals surface area contributed by atoms with Crippen LogP contribution in [0.15, 0.2) is 40.0 Å². The van der Waals surface area contributed by atoms with Crippen molar-refractivity contribution in [2.45, 2.75) is 12.8 Å². The van der Waals surface area contributed by atoms with Crippen molar-refractivity contribution in [1.82, 2.24) is 0 Å². The molecule has 0 aromatic rings. The van der Waals surface area contributed by atoms with Gasteiger partial charge >= 0.3 is 5.97 Å². The van der Waals surface area contributed by atoms with E-state index in [2.05, 4.69) is 4.40 Å². The Labute approximate surface area is 105 Å².